The van der Waals surface area contributed by atoms with Crippen LogP contribution in [0.1, 0.15) is 206 Å². The first-order valence-corrected chi connectivity index (χ1v) is 21.0. The fourth-order valence-corrected chi connectivity index (χ4v) is 5.97. The van der Waals surface area contributed by atoms with Gasteiger partial charge in [0.1, 0.15) is 0 Å². The second-order valence-electron chi connectivity index (χ2n) is 14.7. The van der Waals surface area contributed by atoms with Crippen LogP contribution in [-0.4, -0.2) is 77.5 Å². The molecule has 0 N–H and O–H groups in total. The van der Waals surface area contributed by atoms with Gasteiger partial charge in [0.2, 0.25) is 0 Å². The summed E-state index contributed by atoms with van der Waals surface area (Å²) < 4.78 is 11.3. The van der Waals surface area contributed by atoms with E-state index in [4.69, 9.17) is 9.47 Å². The third kappa shape index (κ3) is 50.7. The predicted molar refractivity (Wildman–Crippen MR) is 209 cm³/mol. The van der Waals surface area contributed by atoms with Gasteiger partial charge in [-0.05, 0) is 67.0 Å². The fourth-order valence-electron chi connectivity index (χ4n) is 5.97. The Morgan fingerprint density at radius 2 is 0.457 bits per heavy atom. The minimum Gasteiger partial charge on any atom is -0.381 e. The maximum absolute atomic E-state index is 5.66. The van der Waals surface area contributed by atoms with Crippen LogP contribution in [0.5, 0.6) is 0 Å². The highest BCUT2D eigenvalue weighted by Gasteiger charge is 1.97. The topological polar surface area (TPSA) is 24.9 Å². The zero-order chi connectivity index (χ0) is 34.0. The smallest absolute Gasteiger partial charge is 0.0478 e. The summed E-state index contributed by atoms with van der Waals surface area (Å²) in [7, 11) is 8.47. The molecule has 0 atom stereocenters. The zero-order valence-electron chi connectivity index (χ0n) is 33.2. The summed E-state index contributed by atoms with van der Waals surface area (Å²) in [5.74, 6) is 0. The molecule has 0 radical (unpaired) electrons. The molecule has 280 valence electrons. The molecule has 4 nitrogen and oxygen atoms in total. The number of nitrogens with zero attached hydrogens (tertiary/aromatic N) is 2. The summed E-state index contributed by atoms with van der Waals surface area (Å²) in [5.41, 5.74) is 0. The van der Waals surface area contributed by atoms with Gasteiger partial charge in [0.25, 0.3) is 0 Å². The number of unbranched alkanes of at least 4 members (excludes halogenated alkanes) is 26. The highest BCUT2D eigenvalue weighted by atomic mass is 16.5. The molecule has 0 spiro atoms. The first kappa shape index (κ1) is 48.0. The van der Waals surface area contributed by atoms with Gasteiger partial charge in [-0.25, -0.2) is 0 Å². The van der Waals surface area contributed by atoms with Crippen molar-refractivity contribution in [1.82, 2.24) is 9.80 Å². The Kier molecular flexibility index (Phi) is 46.7. The van der Waals surface area contributed by atoms with Crippen LogP contribution in [-0.2, 0) is 9.47 Å². The number of rotatable bonds is 38. The Bertz CT molecular complexity index is 456. The van der Waals surface area contributed by atoms with E-state index in [2.05, 4.69) is 51.8 Å². The molecule has 4 heteroatoms. The van der Waals surface area contributed by atoms with Gasteiger partial charge in [0.05, 0.1) is 0 Å². The molecule has 0 aliphatic heterocycles. The largest absolute Gasteiger partial charge is 0.381 e. The second-order valence-corrected chi connectivity index (χ2v) is 14.7. The monoisotopic (exact) mass is 655 g/mol. The number of hydrogen-bond donors (Lipinski definition) is 0. The predicted octanol–water partition coefficient (Wildman–Crippen LogP) is 12.9. The molecule has 0 unspecified atom stereocenters. The normalized spacial score (nSPS) is 11.5. The van der Waals surface area contributed by atoms with Crippen molar-refractivity contribution in [2.45, 2.75) is 206 Å². The molecule has 0 aromatic heterocycles. The first-order chi connectivity index (χ1) is 22.5. The highest BCUT2D eigenvalue weighted by molar-refractivity contribution is 4.51. The third-order valence-electron chi connectivity index (χ3n) is 9.07. The standard InChI is InChI=1S/2C21H45NO/c2*1-4-5-6-7-8-9-10-11-12-13-14-15-16-17-20-23-21-18-19-22(2)3/h2*4-21H2,1-3H3. The lowest BCUT2D eigenvalue weighted by Crippen LogP contribution is -2.14. The van der Waals surface area contributed by atoms with Crippen molar-refractivity contribution in [3.05, 3.63) is 0 Å². The van der Waals surface area contributed by atoms with Crippen molar-refractivity contribution in [2.75, 3.05) is 67.7 Å². The highest BCUT2D eigenvalue weighted by Crippen LogP contribution is 2.14. The summed E-state index contributed by atoms with van der Waals surface area (Å²) in [6, 6.07) is 0. The molecule has 0 aromatic rings. The van der Waals surface area contributed by atoms with Crippen molar-refractivity contribution in [2.24, 2.45) is 0 Å². The van der Waals surface area contributed by atoms with Crippen LogP contribution in [0.4, 0.5) is 0 Å². The molecule has 0 aliphatic rings. The SMILES string of the molecule is CCCCCCCCCCCCCCCCOCCCN(C)C.CCCCCCCCCCCCCCCCOCCCN(C)C. The quantitative estimate of drug-likeness (QED) is 0.0619. The van der Waals surface area contributed by atoms with Crippen LogP contribution < -0.4 is 0 Å². The van der Waals surface area contributed by atoms with Gasteiger partial charge in [-0.1, -0.05) is 181 Å². The van der Waals surface area contributed by atoms with E-state index < -0.39 is 0 Å². The van der Waals surface area contributed by atoms with E-state index in [1.54, 1.807) is 0 Å². The molecule has 0 amide bonds. The molecule has 46 heavy (non-hydrogen) atoms. The molecule has 0 aliphatic carbocycles. The van der Waals surface area contributed by atoms with Crippen molar-refractivity contribution in [1.29, 1.82) is 0 Å². The molecule has 0 saturated heterocycles. The summed E-state index contributed by atoms with van der Waals surface area (Å²) in [4.78, 5) is 4.44. The van der Waals surface area contributed by atoms with E-state index in [0.29, 0.717) is 0 Å². The zero-order valence-corrected chi connectivity index (χ0v) is 33.2. The van der Waals surface area contributed by atoms with Crippen molar-refractivity contribution >= 4 is 0 Å². The Morgan fingerprint density at radius 3 is 0.674 bits per heavy atom. The third-order valence-corrected chi connectivity index (χ3v) is 9.07. The van der Waals surface area contributed by atoms with E-state index in [-0.39, 0.29) is 0 Å². The molecule has 0 heterocycles. The van der Waals surface area contributed by atoms with Crippen LogP contribution in [0.15, 0.2) is 0 Å². The van der Waals surface area contributed by atoms with Gasteiger partial charge in [-0.3, -0.25) is 0 Å². The van der Waals surface area contributed by atoms with Crippen LogP contribution >= 0.6 is 0 Å². The molecule has 0 fully saturated rings. The summed E-state index contributed by atoms with van der Waals surface area (Å²) in [6.45, 7) is 10.6. The van der Waals surface area contributed by atoms with Gasteiger partial charge in [-0.2, -0.15) is 0 Å². The fraction of sp³-hybridized carbons (Fsp3) is 1.00. The van der Waals surface area contributed by atoms with Crippen molar-refractivity contribution < 1.29 is 9.47 Å². The minimum atomic E-state index is 0.927. The van der Waals surface area contributed by atoms with Crippen molar-refractivity contribution in [3.63, 3.8) is 0 Å². The Hall–Kier alpha value is -0.160. The average Bonchev–Trinajstić information content (AvgIpc) is 3.03. The van der Waals surface area contributed by atoms with Gasteiger partial charge in [0, 0.05) is 26.4 Å². The lowest BCUT2D eigenvalue weighted by Gasteiger charge is -2.09. The summed E-state index contributed by atoms with van der Waals surface area (Å²) in [5, 5.41) is 0. The number of hydrogen-bond acceptors (Lipinski definition) is 4. The Morgan fingerprint density at radius 1 is 0.261 bits per heavy atom. The van der Waals surface area contributed by atoms with E-state index in [1.165, 1.54) is 180 Å². The van der Waals surface area contributed by atoms with Gasteiger partial charge in [-0.15, -0.1) is 0 Å². The van der Waals surface area contributed by atoms with E-state index in [9.17, 15) is 0 Å². The Balaban J connectivity index is 0. The summed E-state index contributed by atoms with van der Waals surface area (Å²) >= 11 is 0. The lowest BCUT2D eigenvalue weighted by atomic mass is 10.0. The van der Waals surface area contributed by atoms with Crippen LogP contribution in [0.2, 0.25) is 0 Å². The van der Waals surface area contributed by atoms with Crippen LogP contribution in [0.25, 0.3) is 0 Å². The van der Waals surface area contributed by atoms with Crippen molar-refractivity contribution in [3.8, 4) is 0 Å². The summed E-state index contributed by atoms with van der Waals surface area (Å²) in [6.07, 6.45) is 42.1. The molecular weight excluding hydrogens is 564 g/mol. The molecular formula is C42H90N2O2. The maximum Gasteiger partial charge on any atom is 0.0478 e. The minimum absolute atomic E-state index is 0.927. The first-order valence-electron chi connectivity index (χ1n) is 21.0. The maximum atomic E-state index is 5.66. The van der Waals surface area contributed by atoms with E-state index in [1.807, 2.05) is 0 Å². The van der Waals surface area contributed by atoms with Gasteiger partial charge < -0.3 is 19.3 Å². The van der Waals surface area contributed by atoms with E-state index >= 15 is 0 Å². The molecule has 0 rings (SSSR count). The molecule has 0 saturated carbocycles. The van der Waals surface area contributed by atoms with Crippen LogP contribution in [0, 0.1) is 0 Å². The molecule has 0 aromatic carbocycles. The lowest BCUT2D eigenvalue weighted by molar-refractivity contribution is 0.122. The molecule has 0 bridgehead atoms. The second kappa shape index (κ2) is 44.8. The van der Waals surface area contributed by atoms with Gasteiger partial charge in [0.15, 0.2) is 0 Å². The Labute approximate surface area is 292 Å². The number of ether oxygens (including phenoxy) is 2. The van der Waals surface area contributed by atoms with Crippen LogP contribution in [0.3, 0.4) is 0 Å². The van der Waals surface area contributed by atoms with Gasteiger partial charge >= 0.3 is 0 Å². The van der Waals surface area contributed by atoms with E-state index in [0.717, 1.165) is 52.4 Å². The average molecular weight is 655 g/mol.